The van der Waals surface area contributed by atoms with Crippen LogP contribution in [0.5, 0.6) is 0 Å². The minimum atomic E-state index is 0.945. The average Bonchev–Trinajstić information content (AvgIpc) is 3.89. The number of anilines is 3. The first-order chi connectivity index (χ1) is 24.7. The van der Waals surface area contributed by atoms with Crippen molar-refractivity contribution in [1.82, 2.24) is 9.38 Å². The first-order valence-electron chi connectivity index (χ1n) is 16.8. The summed E-state index contributed by atoms with van der Waals surface area (Å²) in [6, 6.07) is 55.4. The number of aromatic nitrogens is 2. The quantitative estimate of drug-likeness (QED) is 0.185. The lowest BCUT2D eigenvalue weighted by atomic mass is 10.0. The molecular formula is C45H27N3S2. The van der Waals surface area contributed by atoms with Gasteiger partial charge in [0.15, 0.2) is 0 Å². The molecule has 0 N–H and O–H groups in total. The lowest BCUT2D eigenvalue weighted by Crippen LogP contribution is -2.10. The van der Waals surface area contributed by atoms with Gasteiger partial charge in [0.2, 0.25) is 0 Å². The van der Waals surface area contributed by atoms with Gasteiger partial charge in [0.25, 0.3) is 0 Å². The predicted molar refractivity (Wildman–Crippen MR) is 216 cm³/mol. The molecule has 11 rings (SSSR count). The van der Waals surface area contributed by atoms with Gasteiger partial charge in [-0.05, 0) is 71.4 Å². The molecular weight excluding hydrogens is 647 g/mol. The summed E-state index contributed by atoms with van der Waals surface area (Å²) >= 11 is 3.77. The number of hydrogen-bond acceptors (Lipinski definition) is 4. The Morgan fingerprint density at radius 3 is 1.60 bits per heavy atom. The number of nitrogens with zero attached hydrogens (tertiary/aromatic N) is 3. The Hall–Kier alpha value is -6.01. The van der Waals surface area contributed by atoms with Crippen LogP contribution in [0, 0.1) is 0 Å². The molecule has 0 spiro atoms. The predicted octanol–water partition coefficient (Wildman–Crippen LogP) is 13.5. The van der Waals surface area contributed by atoms with Crippen LogP contribution in [0.4, 0.5) is 17.1 Å². The van der Waals surface area contributed by atoms with Crippen LogP contribution in [0.15, 0.2) is 164 Å². The number of benzene rings is 7. The zero-order valence-corrected chi connectivity index (χ0v) is 28.4. The molecule has 0 atom stereocenters. The molecule has 0 fully saturated rings. The Balaban J connectivity index is 1.13. The summed E-state index contributed by atoms with van der Waals surface area (Å²) in [4.78, 5) is 7.29. The Kier molecular flexibility index (Phi) is 5.99. The van der Waals surface area contributed by atoms with Crippen LogP contribution in [0.25, 0.3) is 78.8 Å². The smallest absolute Gasteiger partial charge is 0.137 e. The summed E-state index contributed by atoms with van der Waals surface area (Å²) in [6.07, 6.45) is 4.14. The van der Waals surface area contributed by atoms with Crippen molar-refractivity contribution in [3.8, 4) is 11.3 Å². The highest BCUT2D eigenvalue weighted by Crippen LogP contribution is 2.44. The molecule has 0 unspecified atom stereocenters. The highest BCUT2D eigenvalue weighted by molar-refractivity contribution is 7.27. The molecule has 4 heterocycles. The van der Waals surface area contributed by atoms with Gasteiger partial charge in [-0.3, -0.25) is 0 Å². The van der Waals surface area contributed by atoms with Crippen molar-refractivity contribution in [1.29, 1.82) is 0 Å². The van der Waals surface area contributed by atoms with E-state index in [-0.39, 0.29) is 0 Å². The standard InChI is InChI=1S/C45H27N3S2/c1-3-9-41-34(7-1)36-22-16-28-12-20-32(25-38(28)44(36)49-41)48(31-18-14-30(15-19-31)40-27-47-24-6-5-11-43(47)46-40)33-21-13-29-17-23-37-35-8-2-4-10-42(35)50-45(37)39(29)26-33/h1-27H. The maximum atomic E-state index is 4.89. The van der Waals surface area contributed by atoms with Gasteiger partial charge in [0, 0.05) is 86.1 Å². The summed E-state index contributed by atoms with van der Waals surface area (Å²) in [6.45, 7) is 0. The third-order valence-electron chi connectivity index (χ3n) is 9.99. The molecule has 7 aromatic carbocycles. The van der Waals surface area contributed by atoms with Crippen molar-refractivity contribution in [3.05, 3.63) is 164 Å². The van der Waals surface area contributed by atoms with Crippen molar-refractivity contribution in [2.75, 3.05) is 4.90 Å². The maximum absolute atomic E-state index is 4.89. The van der Waals surface area contributed by atoms with Gasteiger partial charge >= 0.3 is 0 Å². The van der Waals surface area contributed by atoms with E-state index in [2.05, 4.69) is 149 Å². The van der Waals surface area contributed by atoms with Crippen molar-refractivity contribution >= 4 is 107 Å². The summed E-state index contributed by atoms with van der Waals surface area (Å²) in [5, 5.41) is 10.3. The molecule has 3 nitrogen and oxygen atoms in total. The summed E-state index contributed by atoms with van der Waals surface area (Å²) in [7, 11) is 0. The van der Waals surface area contributed by atoms with Crippen LogP contribution in [0.3, 0.4) is 0 Å². The molecule has 0 aliphatic carbocycles. The van der Waals surface area contributed by atoms with Crippen LogP contribution in [0.2, 0.25) is 0 Å². The minimum Gasteiger partial charge on any atom is -0.310 e. The third-order valence-corrected chi connectivity index (χ3v) is 12.4. The second kappa shape index (κ2) is 10.7. The van der Waals surface area contributed by atoms with E-state index in [0.29, 0.717) is 0 Å². The zero-order chi connectivity index (χ0) is 32.8. The average molecular weight is 674 g/mol. The van der Waals surface area contributed by atoms with Crippen molar-refractivity contribution in [3.63, 3.8) is 0 Å². The van der Waals surface area contributed by atoms with E-state index >= 15 is 0 Å². The van der Waals surface area contributed by atoms with Crippen LogP contribution in [0.1, 0.15) is 0 Å². The number of fused-ring (bicyclic) bond motifs is 11. The van der Waals surface area contributed by atoms with Gasteiger partial charge < -0.3 is 9.30 Å². The number of hydrogen-bond donors (Lipinski definition) is 0. The van der Waals surface area contributed by atoms with Gasteiger partial charge in [0.05, 0.1) is 5.69 Å². The highest BCUT2D eigenvalue weighted by atomic mass is 32.1. The first-order valence-corrected chi connectivity index (χ1v) is 18.4. The van der Waals surface area contributed by atoms with E-state index in [1.165, 1.54) is 61.9 Å². The van der Waals surface area contributed by atoms with Crippen molar-refractivity contribution in [2.45, 2.75) is 0 Å². The molecule has 11 aromatic rings. The molecule has 0 amide bonds. The van der Waals surface area contributed by atoms with E-state index < -0.39 is 0 Å². The normalized spacial score (nSPS) is 12.0. The molecule has 0 radical (unpaired) electrons. The third kappa shape index (κ3) is 4.24. The van der Waals surface area contributed by atoms with Crippen LogP contribution < -0.4 is 4.90 Å². The number of imidazole rings is 1. The van der Waals surface area contributed by atoms with Gasteiger partial charge in [-0.2, -0.15) is 0 Å². The molecule has 0 saturated heterocycles. The SMILES string of the molecule is c1ccc2c(c1)sc1c3cc(N(c4ccc(-c5cn6ccccc6n5)cc4)c4ccc5ccc6c7ccccc7sc6c5c4)ccc3ccc21. The van der Waals surface area contributed by atoms with Crippen LogP contribution >= 0.6 is 22.7 Å². The summed E-state index contributed by atoms with van der Waals surface area (Å²) in [5.74, 6) is 0. The molecule has 0 aliphatic heterocycles. The Labute approximate surface area is 295 Å². The fourth-order valence-corrected chi connectivity index (χ4v) is 10.0. The van der Waals surface area contributed by atoms with E-state index in [9.17, 15) is 0 Å². The first kappa shape index (κ1) is 27.9. The fourth-order valence-electron chi connectivity index (χ4n) is 7.56. The Morgan fingerprint density at radius 2 is 1.00 bits per heavy atom. The van der Waals surface area contributed by atoms with E-state index in [1.807, 2.05) is 47.1 Å². The topological polar surface area (TPSA) is 20.5 Å². The van der Waals surface area contributed by atoms with Crippen molar-refractivity contribution < 1.29 is 0 Å². The zero-order valence-electron chi connectivity index (χ0n) is 26.7. The molecule has 234 valence electrons. The summed E-state index contributed by atoms with van der Waals surface area (Å²) in [5.41, 5.74) is 6.36. The number of thiophene rings is 2. The number of pyridine rings is 1. The van der Waals surface area contributed by atoms with Crippen molar-refractivity contribution in [2.24, 2.45) is 0 Å². The lowest BCUT2D eigenvalue weighted by Gasteiger charge is -2.26. The van der Waals surface area contributed by atoms with Crippen LogP contribution in [-0.4, -0.2) is 9.38 Å². The highest BCUT2D eigenvalue weighted by Gasteiger charge is 2.18. The number of rotatable bonds is 4. The Morgan fingerprint density at radius 1 is 0.460 bits per heavy atom. The van der Waals surface area contributed by atoms with E-state index in [0.717, 1.165) is 34.0 Å². The van der Waals surface area contributed by atoms with Gasteiger partial charge in [-0.25, -0.2) is 4.98 Å². The van der Waals surface area contributed by atoms with E-state index in [4.69, 9.17) is 4.98 Å². The Bertz CT molecular complexity index is 2920. The van der Waals surface area contributed by atoms with Gasteiger partial charge in [0.1, 0.15) is 5.65 Å². The molecule has 5 heteroatoms. The van der Waals surface area contributed by atoms with E-state index in [1.54, 1.807) is 0 Å². The molecule has 0 aliphatic rings. The van der Waals surface area contributed by atoms with Gasteiger partial charge in [-0.15, -0.1) is 22.7 Å². The fraction of sp³-hybridized carbons (Fsp3) is 0. The lowest BCUT2D eigenvalue weighted by molar-refractivity contribution is 1.19. The molecule has 0 saturated carbocycles. The largest absolute Gasteiger partial charge is 0.310 e. The second-order valence-electron chi connectivity index (χ2n) is 12.9. The second-order valence-corrected chi connectivity index (χ2v) is 15.0. The molecule has 4 aromatic heterocycles. The van der Waals surface area contributed by atoms with Gasteiger partial charge in [-0.1, -0.05) is 91.0 Å². The summed E-state index contributed by atoms with van der Waals surface area (Å²) < 4.78 is 7.38. The molecule has 50 heavy (non-hydrogen) atoms. The van der Waals surface area contributed by atoms with Crippen LogP contribution in [-0.2, 0) is 0 Å². The minimum absolute atomic E-state index is 0.945. The maximum Gasteiger partial charge on any atom is 0.137 e. The molecule has 0 bridgehead atoms. The monoisotopic (exact) mass is 673 g/mol.